The molecule has 0 bridgehead atoms. The van der Waals surface area contributed by atoms with Gasteiger partial charge >= 0.3 is 5.76 Å². The molecule has 2 aromatic heterocycles. The van der Waals surface area contributed by atoms with Crippen molar-refractivity contribution in [2.24, 2.45) is 0 Å². The second-order valence-electron chi connectivity index (χ2n) is 3.12. The van der Waals surface area contributed by atoms with E-state index in [2.05, 4.69) is 0 Å². The molecule has 0 saturated heterocycles. The van der Waals surface area contributed by atoms with Crippen LogP contribution in [0, 0.1) is 0 Å². The highest BCUT2D eigenvalue weighted by atomic mass is 16.4. The van der Waals surface area contributed by atoms with Crippen molar-refractivity contribution in [1.82, 2.24) is 4.57 Å². The monoisotopic (exact) mass is 201 g/mol. The first-order chi connectivity index (χ1) is 7.36. The van der Waals surface area contributed by atoms with Gasteiger partial charge in [-0.2, -0.15) is 0 Å². The molecule has 0 aliphatic rings. The molecule has 0 radical (unpaired) electrons. The molecule has 0 N–H and O–H groups in total. The third kappa shape index (κ3) is 1.11. The molecular weight excluding hydrogens is 194 g/mol. The van der Waals surface area contributed by atoms with E-state index in [1.54, 1.807) is 18.2 Å². The quantitative estimate of drug-likeness (QED) is 0.606. The van der Waals surface area contributed by atoms with Gasteiger partial charge in [0.05, 0.1) is 11.8 Å². The van der Waals surface area contributed by atoms with E-state index in [9.17, 15) is 4.79 Å². The number of oxazole rings is 1. The summed E-state index contributed by atoms with van der Waals surface area (Å²) >= 11 is 0. The number of nitrogens with zero attached hydrogens (tertiary/aromatic N) is 1. The standard InChI is InChI=1S/C11H7NO3/c13-11-12(10-6-3-7-14-10)8-4-1-2-5-9(8)15-11/h1-7H. The van der Waals surface area contributed by atoms with Crippen molar-refractivity contribution >= 4 is 11.1 Å². The second-order valence-corrected chi connectivity index (χ2v) is 3.12. The Kier molecular flexibility index (Phi) is 1.56. The molecule has 2 heterocycles. The second kappa shape index (κ2) is 2.88. The van der Waals surface area contributed by atoms with Crippen LogP contribution >= 0.6 is 0 Å². The van der Waals surface area contributed by atoms with E-state index in [-0.39, 0.29) is 0 Å². The third-order valence-electron chi connectivity index (χ3n) is 2.21. The Balaban J connectivity index is 2.44. The zero-order valence-electron chi connectivity index (χ0n) is 7.71. The van der Waals surface area contributed by atoms with Crippen LogP contribution in [0.15, 0.2) is 56.3 Å². The first-order valence-electron chi connectivity index (χ1n) is 4.51. The van der Waals surface area contributed by atoms with E-state index in [4.69, 9.17) is 8.83 Å². The van der Waals surface area contributed by atoms with Gasteiger partial charge in [-0.1, -0.05) is 12.1 Å². The van der Waals surface area contributed by atoms with Gasteiger partial charge in [-0.25, -0.2) is 9.36 Å². The molecule has 0 spiro atoms. The van der Waals surface area contributed by atoms with Crippen molar-refractivity contribution in [3.63, 3.8) is 0 Å². The zero-order chi connectivity index (χ0) is 10.3. The molecule has 0 saturated carbocycles. The maximum atomic E-state index is 11.6. The average Bonchev–Trinajstić information content (AvgIpc) is 2.82. The molecule has 1 aromatic carbocycles. The molecule has 0 atom stereocenters. The van der Waals surface area contributed by atoms with Gasteiger partial charge in [0.1, 0.15) is 0 Å². The number of benzene rings is 1. The van der Waals surface area contributed by atoms with Crippen LogP contribution in [0.1, 0.15) is 0 Å². The summed E-state index contributed by atoms with van der Waals surface area (Å²) in [6, 6.07) is 10.7. The van der Waals surface area contributed by atoms with Crippen molar-refractivity contribution in [2.75, 3.05) is 0 Å². The topological polar surface area (TPSA) is 48.3 Å². The molecule has 4 heteroatoms. The van der Waals surface area contributed by atoms with Gasteiger partial charge in [-0.15, -0.1) is 0 Å². The highest BCUT2D eigenvalue weighted by Crippen LogP contribution is 2.16. The molecular formula is C11H7NO3. The highest BCUT2D eigenvalue weighted by molar-refractivity contribution is 5.74. The van der Waals surface area contributed by atoms with E-state index in [0.29, 0.717) is 17.0 Å². The Bertz CT molecular complexity index is 646. The lowest BCUT2D eigenvalue weighted by Crippen LogP contribution is -2.10. The zero-order valence-corrected chi connectivity index (χ0v) is 7.71. The minimum atomic E-state index is -0.439. The van der Waals surface area contributed by atoms with Gasteiger partial charge in [0.15, 0.2) is 5.58 Å². The molecule has 0 aliphatic carbocycles. The van der Waals surface area contributed by atoms with Crippen molar-refractivity contribution in [3.05, 3.63) is 53.2 Å². The number of aromatic nitrogens is 1. The molecule has 0 amide bonds. The summed E-state index contributed by atoms with van der Waals surface area (Å²) in [6.45, 7) is 0. The third-order valence-corrected chi connectivity index (χ3v) is 2.21. The Morgan fingerprint density at radius 3 is 2.73 bits per heavy atom. The van der Waals surface area contributed by atoms with Crippen LogP contribution in [0.3, 0.4) is 0 Å². The fourth-order valence-corrected chi connectivity index (χ4v) is 1.57. The van der Waals surface area contributed by atoms with Gasteiger partial charge in [-0.3, -0.25) is 0 Å². The lowest BCUT2D eigenvalue weighted by Gasteiger charge is -1.94. The van der Waals surface area contributed by atoms with Crippen LogP contribution < -0.4 is 5.76 Å². The first kappa shape index (κ1) is 8.11. The molecule has 0 aliphatic heterocycles. The van der Waals surface area contributed by atoms with Crippen LogP contribution in [0.2, 0.25) is 0 Å². The van der Waals surface area contributed by atoms with Crippen LogP contribution in [0.5, 0.6) is 0 Å². The van der Waals surface area contributed by atoms with E-state index in [1.807, 2.05) is 18.2 Å². The molecule has 15 heavy (non-hydrogen) atoms. The number of hydrogen-bond donors (Lipinski definition) is 0. The van der Waals surface area contributed by atoms with Crippen molar-refractivity contribution in [2.45, 2.75) is 0 Å². The van der Waals surface area contributed by atoms with Crippen LogP contribution in [0.25, 0.3) is 17.0 Å². The molecule has 4 nitrogen and oxygen atoms in total. The summed E-state index contributed by atoms with van der Waals surface area (Å²) in [7, 11) is 0. The van der Waals surface area contributed by atoms with Crippen LogP contribution in [-0.2, 0) is 0 Å². The van der Waals surface area contributed by atoms with Gasteiger partial charge in [0, 0.05) is 6.07 Å². The Morgan fingerprint density at radius 2 is 1.93 bits per heavy atom. The molecule has 0 unspecified atom stereocenters. The summed E-state index contributed by atoms with van der Waals surface area (Å²) in [4.78, 5) is 11.6. The van der Waals surface area contributed by atoms with E-state index < -0.39 is 5.76 Å². The number of para-hydroxylation sites is 2. The minimum Gasteiger partial charge on any atom is -0.448 e. The summed E-state index contributed by atoms with van der Waals surface area (Å²) in [6.07, 6.45) is 1.52. The summed E-state index contributed by atoms with van der Waals surface area (Å²) < 4.78 is 11.6. The maximum Gasteiger partial charge on any atom is 0.427 e. The minimum absolute atomic E-state index is 0.439. The lowest BCUT2D eigenvalue weighted by atomic mass is 10.3. The fourth-order valence-electron chi connectivity index (χ4n) is 1.57. The van der Waals surface area contributed by atoms with Gasteiger partial charge in [0.2, 0.25) is 5.88 Å². The van der Waals surface area contributed by atoms with Gasteiger partial charge in [0.25, 0.3) is 0 Å². The summed E-state index contributed by atoms with van der Waals surface area (Å²) in [5.74, 6) is 0.0242. The lowest BCUT2D eigenvalue weighted by molar-refractivity contribution is 0.495. The first-order valence-corrected chi connectivity index (χ1v) is 4.51. The van der Waals surface area contributed by atoms with E-state index in [0.717, 1.165) is 0 Å². The Hall–Kier alpha value is -2.23. The number of furan rings is 1. The maximum absolute atomic E-state index is 11.6. The average molecular weight is 201 g/mol. The normalized spacial score (nSPS) is 10.9. The van der Waals surface area contributed by atoms with E-state index in [1.165, 1.54) is 10.8 Å². The van der Waals surface area contributed by atoms with Gasteiger partial charge < -0.3 is 8.83 Å². The Morgan fingerprint density at radius 1 is 1.07 bits per heavy atom. The molecule has 74 valence electrons. The smallest absolute Gasteiger partial charge is 0.427 e. The molecule has 3 rings (SSSR count). The van der Waals surface area contributed by atoms with Crippen LogP contribution in [0.4, 0.5) is 0 Å². The summed E-state index contributed by atoms with van der Waals surface area (Å²) in [5.41, 5.74) is 1.26. The predicted octanol–water partition coefficient (Wildman–Crippen LogP) is 2.18. The largest absolute Gasteiger partial charge is 0.448 e. The van der Waals surface area contributed by atoms with Crippen LogP contribution in [-0.4, -0.2) is 4.57 Å². The number of fused-ring (bicyclic) bond motifs is 1. The van der Waals surface area contributed by atoms with Crippen molar-refractivity contribution < 1.29 is 8.83 Å². The number of rotatable bonds is 1. The highest BCUT2D eigenvalue weighted by Gasteiger charge is 2.11. The number of hydrogen-bond acceptors (Lipinski definition) is 3. The van der Waals surface area contributed by atoms with Crippen molar-refractivity contribution in [3.8, 4) is 5.88 Å². The van der Waals surface area contributed by atoms with Gasteiger partial charge in [-0.05, 0) is 18.2 Å². The molecule has 3 aromatic rings. The molecule has 0 fully saturated rings. The Labute approximate surface area is 84.3 Å². The summed E-state index contributed by atoms with van der Waals surface area (Å²) in [5, 5.41) is 0. The SMILES string of the molecule is O=c1oc2ccccc2n1-c1ccco1. The van der Waals surface area contributed by atoms with E-state index >= 15 is 0 Å². The van der Waals surface area contributed by atoms with Crippen molar-refractivity contribution in [1.29, 1.82) is 0 Å². The predicted molar refractivity (Wildman–Crippen MR) is 54.1 cm³/mol. The fraction of sp³-hybridized carbons (Fsp3) is 0.